The van der Waals surface area contributed by atoms with E-state index in [9.17, 15) is 22.8 Å². The quantitative estimate of drug-likeness (QED) is 0.0421. The van der Waals surface area contributed by atoms with Gasteiger partial charge in [0.05, 0.1) is 10.6 Å². The standard InChI is InChI=1S/C21H14ClF3N6O2.C13H11N5O.C7H5ClN4.C5H3ClN2O/c22-16-5-4-13(9-15(16)21(23,24)25)31-20(32)30-12-2-1-3-14(8-12)33-18-10-17(28-11-29-18)19-26-6-7-27-19;14-9-2-1-3-10(6-9)19-12-7-11(17-8-18-12)13-15-4-5-16-13;8-6-3-5(11-4-12-6)7-9-1-2-10-7;6-5-1-4(2-9)7-3-8-5/h1-11H,(H,26,27)(H2,30,31,32);1-8H,14H2,(H,15,16);1-4H,(H,9,10);1-3H. The van der Waals surface area contributed by atoms with E-state index in [0.717, 1.165) is 12.1 Å². The SMILES string of the molecule is Clc1cc(-c2ncc[nH]2)ncn1.Nc1cccc(Oc2cc(-c3ncc[nH]3)ncn2)c1.O=C(Nc1cccc(Oc2cc(-c3ncc[nH]3)ncn2)c1)Nc1ccc(Cl)c(C(F)(F)F)c1.O=Cc1cc(Cl)ncn1. The van der Waals surface area contributed by atoms with Crippen LogP contribution in [-0.2, 0) is 6.18 Å². The number of imidazole rings is 3. The van der Waals surface area contributed by atoms with Crippen LogP contribution in [0.25, 0.3) is 34.6 Å². The number of alkyl halides is 3. The highest BCUT2D eigenvalue weighted by molar-refractivity contribution is 6.31. The molecule has 0 spiro atoms. The van der Waals surface area contributed by atoms with Crippen molar-refractivity contribution < 1.29 is 32.2 Å². The molecule has 0 aliphatic carbocycles. The summed E-state index contributed by atoms with van der Waals surface area (Å²) >= 11 is 16.7. The second kappa shape index (κ2) is 24.9. The van der Waals surface area contributed by atoms with Gasteiger partial charge in [0.25, 0.3) is 0 Å². The van der Waals surface area contributed by atoms with E-state index in [1.807, 2.05) is 12.1 Å². The number of amides is 2. The number of aromatic nitrogens is 14. The maximum atomic E-state index is 13.0. The number of hydrogen-bond donors (Lipinski definition) is 6. The first-order valence-electron chi connectivity index (χ1n) is 20.6. The average Bonchev–Trinajstić information content (AvgIpc) is 4.22. The average molecular weight is 1050 g/mol. The van der Waals surface area contributed by atoms with Crippen LogP contribution in [0.4, 0.5) is 35.0 Å². The molecule has 10 rings (SSSR count). The lowest BCUT2D eigenvalue weighted by atomic mass is 10.2. The van der Waals surface area contributed by atoms with E-state index in [1.165, 1.54) is 43.5 Å². The maximum Gasteiger partial charge on any atom is 0.417 e. The van der Waals surface area contributed by atoms with Gasteiger partial charge in [-0.1, -0.05) is 46.9 Å². The van der Waals surface area contributed by atoms with Gasteiger partial charge in [-0.15, -0.1) is 0 Å². The molecule has 0 saturated carbocycles. The summed E-state index contributed by atoms with van der Waals surface area (Å²) in [5.41, 5.74) is 7.75. The minimum absolute atomic E-state index is 0.0666. The molecule has 0 aliphatic rings. The Labute approximate surface area is 424 Å². The normalized spacial score (nSPS) is 10.5. The van der Waals surface area contributed by atoms with Crippen molar-refractivity contribution in [2.45, 2.75) is 6.18 Å². The highest BCUT2D eigenvalue weighted by Crippen LogP contribution is 2.36. The van der Waals surface area contributed by atoms with Crippen molar-refractivity contribution in [3.8, 4) is 57.8 Å². The lowest BCUT2D eigenvalue weighted by Crippen LogP contribution is -2.20. The summed E-state index contributed by atoms with van der Waals surface area (Å²) in [7, 11) is 0. The number of H-pyrrole nitrogens is 3. The van der Waals surface area contributed by atoms with E-state index in [4.69, 9.17) is 50.0 Å². The Bertz CT molecular complexity index is 3380. The summed E-state index contributed by atoms with van der Waals surface area (Å²) in [5, 5.41) is 5.11. The van der Waals surface area contributed by atoms with Crippen LogP contribution >= 0.6 is 34.8 Å². The third-order valence-electron chi connectivity index (χ3n) is 8.84. The zero-order valence-electron chi connectivity index (χ0n) is 36.9. The van der Waals surface area contributed by atoms with Gasteiger partial charge in [0.1, 0.15) is 69.9 Å². The van der Waals surface area contributed by atoms with Crippen LogP contribution in [0, 0.1) is 0 Å². The molecular formula is C46H33Cl3F3N17O4. The number of aldehydes is 1. The fourth-order valence-corrected chi connectivity index (χ4v) is 6.24. The van der Waals surface area contributed by atoms with Crippen molar-refractivity contribution in [3.05, 3.63) is 180 Å². The highest BCUT2D eigenvalue weighted by atomic mass is 35.5. The van der Waals surface area contributed by atoms with Crippen LogP contribution in [0.3, 0.4) is 0 Å². The summed E-state index contributed by atoms with van der Waals surface area (Å²) in [6.07, 6.45) is 11.4. The zero-order valence-corrected chi connectivity index (χ0v) is 39.2. The lowest BCUT2D eigenvalue weighted by Gasteiger charge is -2.13. The number of rotatable bonds is 10. The number of nitrogen functional groups attached to an aromatic ring is 1. The lowest BCUT2D eigenvalue weighted by molar-refractivity contribution is -0.137. The molecule has 368 valence electrons. The van der Waals surface area contributed by atoms with E-state index >= 15 is 0 Å². The molecule has 0 unspecified atom stereocenters. The van der Waals surface area contributed by atoms with Crippen LogP contribution in [-0.4, -0.2) is 82.1 Å². The Morgan fingerprint density at radius 3 is 1.53 bits per heavy atom. The van der Waals surface area contributed by atoms with Crippen molar-refractivity contribution in [3.63, 3.8) is 0 Å². The number of ether oxygens (including phenoxy) is 2. The fraction of sp³-hybridized carbons (Fsp3) is 0.0217. The Balaban J connectivity index is 0.000000162. The minimum atomic E-state index is -4.64. The third-order valence-corrected chi connectivity index (χ3v) is 9.58. The number of nitrogens with zero attached hydrogens (tertiary/aromatic N) is 11. The number of carbonyl (C=O) groups excluding carboxylic acids is 2. The van der Waals surface area contributed by atoms with Crippen LogP contribution in [0.2, 0.25) is 15.3 Å². The van der Waals surface area contributed by atoms with Gasteiger partial charge in [0.2, 0.25) is 11.8 Å². The number of hydrogen-bond acceptors (Lipinski definition) is 16. The summed E-state index contributed by atoms with van der Waals surface area (Å²) in [6, 6.07) is 22.2. The van der Waals surface area contributed by atoms with Gasteiger partial charge in [0, 0.05) is 90.6 Å². The van der Waals surface area contributed by atoms with E-state index < -0.39 is 22.8 Å². The molecular weight excluding hydrogens is 1020 g/mol. The zero-order chi connectivity index (χ0) is 51.6. The van der Waals surface area contributed by atoms with E-state index in [1.54, 1.807) is 85.7 Å². The van der Waals surface area contributed by atoms with Crippen LogP contribution < -0.4 is 25.8 Å². The maximum absolute atomic E-state index is 13.0. The van der Waals surface area contributed by atoms with Crippen molar-refractivity contribution in [2.75, 3.05) is 16.4 Å². The molecule has 27 heteroatoms. The minimum Gasteiger partial charge on any atom is -0.439 e. The number of anilines is 3. The van der Waals surface area contributed by atoms with Gasteiger partial charge in [-0.25, -0.2) is 59.6 Å². The molecule has 0 fully saturated rings. The molecule has 3 aromatic carbocycles. The van der Waals surface area contributed by atoms with E-state index in [2.05, 4.69) is 80.4 Å². The molecule has 21 nitrogen and oxygen atoms in total. The van der Waals surface area contributed by atoms with Crippen molar-refractivity contribution in [2.24, 2.45) is 0 Å². The molecule has 0 bridgehead atoms. The Morgan fingerprint density at radius 1 is 0.562 bits per heavy atom. The van der Waals surface area contributed by atoms with Crippen molar-refractivity contribution >= 4 is 64.2 Å². The Hall–Kier alpha value is -9.39. The smallest absolute Gasteiger partial charge is 0.417 e. The van der Waals surface area contributed by atoms with Gasteiger partial charge in [-0.05, 0) is 42.5 Å². The first-order chi connectivity index (χ1) is 35.3. The molecule has 10 aromatic rings. The number of urea groups is 1. The monoisotopic (exact) mass is 1050 g/mol. The number of benzene rings is 3. The molecule has 7 N–H and O–H groups in total. The summed E-state index contributed by atoms with van der Waals surface area (Å²) in [6.45, 7) is 0. The molecule has 0 atom stereocenters. The Kier molecular flexibility index (Phi) is 17.6. The molecule has 7 aromatic heterocycles. The van der Waals surface area contributed by atoms with Crippen LogP contribution in [0.5, 0.6) is 23.3 Å². The first kappa shape index (κ1) is 51.5. The topological polar surface area (TPSA) is 292 Å². The van der Waals surface area contributed by atoms with Crippen LogP contribution in [0.1, 0.15) is 16.1 Å². The highest BCUT2D eigenvalue weighted by Gasteiger charge is 2.33. The van der Waals surface area contributed by atoms with Gasteiger partial charge in [-0.3, -0.25) is 4.79 Å². The molecule has 73 heavy (non-hydrogen) atoms. The first-order valence-corrected chi connectivity index (χ1v) is 21.7. The number of halogens is 6. The molecule has 2 amide bonds. The molecule has 0 saturated heterocycles. The fourth-order valence-electron chi connectivity index (χ4n) is 5.71. The summed E-state index contributed by atoms with van der Waals surface area (Å²) in [4.78, 5) is 74.7. The predicted octanol–water partition coefficient (Wildman–Crippen LogP) is 10.7. The number of aromatic amines is 3. The molecule has 0 radical (unpaired) electrons. The largest absolute Gasteiger partial charge is 0.439 e. The summed E-state index contributed by atoms with van der Waals surface area (Å²) < 4.78 is 50.3. The van der Waals surface area contributed by atoms with Crippen LogP contribution in [0.15, 0.2) is 153 Å². The second-order valence-electron chi connectivity index (χ2n) is 14.0. The van der Waals surface area contributed by atoms with Gasteiger partial charge >= 0.3 is 12.2 Å². The van der Waals surface area contributed by atoms with Crippen molar-refractivity contribution in [1.29, 1.82) is 0 Å². The van der Waals surface area contributed by atoms with Gasteiger partial charge in [-0.2, -0.15) is 13.2 Å². The van der Waals surface area contributed by atoms with Crippen molar-refractivity contribution in [1.82, 2.24) is 69.8 Å². The Morgan fingerprint density at radius 2 is 1.05 bits per heavy atom. The second-order valence-corrected chi connectivity index (χ2v) is 15.2. The van der Waals surface area contributed by atoms with Gasteiger partial charge in [0.15, 0.2) is 23.8 Å². The third kappa shape index (κ3) is 15.8. The predicted molar refractivity (Wildman–Crippen MR) is 263 cm³/mol. The number of carbonyl (C=O) groups is 2. The van der Waals surface area contributed by atoms with E-state index in [-0.39, 0.29) is 16.7 Å². The summed E-state index contributed by atoms with van der Waals surface area (Å²) in [5.74, 6) is 3.59. The number of nitrogens with one attached hydrogen (secondary N) is 5. The van der Waals surface area contributed by atoms with Gasteiger partial charge < -0.3 is 40.8 Å². The number of nitrogens with two attached hydrogens (primary N) is 1. The molecule has 0 aliphatic heterocycles. The van der Waals surface area contributed by atoms with E-state index in [0.29, 0.717) is 80.4 Å². The molecule has 7 heterocycles.